The van der Waals surface area contributed by atoms with Crippen molar-refractivity contribution in [3.63, 3.8) is 0 Å². The second-order valence-electron chi connectivity index (χ2n) is 5.69. The molecule has 1 aromatic carbocycles. The number of carbonyl (C=O) groups is 1. The van der Waals surface area contributed by atoms with E-state index in [9.17, 15) is 14.9 Å². The van der Waals surface area contributed by atoms with E-state index in [1.54, 1.807) is 12.1 Å². The average Bonchev–Trinajstić information content (AvgIpc) is 2.95. The number of nitro benzene ring substituents is 1. The lowest BCUT2D eigenvalue weighted by atomic mass is 10.0. The minimum absolute atomic E-state index is 0.0314. The highest BCUT2D eigenvalue weighted by molar-refractivity contribution is 5.95. The molecule has 2 atom stereocenters. The van der Waals surface area contributed by atoms with E-state index in [-0.39, 0.29) is 17.5 Å². The van der Waals surface area contributed by atoms with Gasteiger partial charge in [0.25, 0.3) is 5.69 Å². The minimum Gasteiger partial charge on any atom is -0.320 e. The van der Waals surface area contributed by atoms with Crippen molar-refractivity contribution in [1.82, 2.24) is 0 Å². The summed E-state index contributed by atoms with van der Waals surface area (Å²) in [7, 11) is 0. The number of nitrogens with zero attached hydrogens (tertiary/aromatic N) is 1. The van der Waals surface area contributed by atoms with Crippen LogP contribution < -0.4 is 5.32 Å². The lowest BCUT2D eigenvalue weighted by Crippen LogP contribution is -2.22. The lowest BCUT2D eigenvalue weighted by Gasteiger charge is -2.12. The van der Waals surface area contributed by atoms with Crippen molar-refractivity contribution >= 4 is 17.3 Å². The van der Waals surface area contributed by atoms with Gasteiger partial charge in [0.1, 0.15) is 5.69 Å². The number of hydrogen-bond donors (Lipinski definition) is 1. The van der Waals surface area contributed by atoms with Gasteiger partial charge in [0, 0.05) is 12.0 Å². The van der Waals surface area contributed by atoms with E-state index < -0.39 is 4.92 Å². The van der Waals surface area contributed by atoms with Gasteiger partial charge in [0.15, 0.2) is 0 Å². The van der Waals surface area contributed by atoms with Crippen LogP contribution in [-0.4, -0.2) is 10.8 Å². The Morgan fingerprint density at radius 1 is 1.32 bits per heavy atom. The first-order chi connectivity index (χ1) is 9.04. The molecule has 1 N–H and O–H groups in total. The molecule has 0 aromatic heterocycles. The molecule has 2 saturated carbocycles. The van der Waals surface area contributed by atoms with Crippen LogP contribution in [0.2, 0.25) is 0 Å². The molecule has 2 unspecified atom stereocenters. The number of carbonyl (C=O) groups excluding carboxylic acids is 1. The van der Waals surface area contributed by atoms with Crippen LogP contribution in [0.3, 0.4) is 0 Å². The molecule has 100 valence electrons. The fourth-order valence-corrected chi connectivity index (χ4v) is 3.07. The first-order valence-electron chi connectivity index (χ1n) is 6.60. The molecule has 1 amide bonds. The van der Waals surface area contributed by atoms with E-state index in [1.165, 1.54) is 12.5 Å². The van der Waals surface area contributed by atoms with Crippen molar-refractivity contribution in [2.24, 2.45) is 17.8 Å². The molecule has 2 aliphatic rings. The summed E-state index contributed by atoms with van der Waals surface area (Å²) in [5.41, 5.74) is 1.17. The molecule has 0 spiro atoms. The SMILES string of the molecule is Cc1ccc([N+](=O)[O-])c(NC(=O)C2CC3CC3C2)c1. The van der Waals surface area contributed by atoms with Crippen LogP contribution in [0.4, 0.5) is 11.4 Å². The monoisotopic (exact) mass is 260 g/mol. The standard InChI is InChI=1S/C14H16N2O3/c1-8-2-3-13(16(18)19)12(4-8)15-14(17)11-6-9-5-10(9)7-11/h2-4,9-11H,5-7H2,1H3,(H,15,17). The highest BCUT2D eigenvalue weighted by atomic mass is 16.6. The molecule has 0 aliphatic heterocycles. The molecule has 19 heavy (non-hydrogen) atoms. The minimum atomic E-state index is -0.457. The molecule has 0 bridgehead atoms. The number of nitrogens with one attached hydrogen (secondary N) is 1. The topological polar surface area (TPSA) is 72.2 Å². The normalized spacial score (nSPS) is 27.7. The van der Waals surface area contributed by atoms with Crippen molar-refractivity contribution < 1.29 is 9.72 Å². The summed E-state index contributed by atoms with van der Waals surface area (Å²) < 4.78 is 0. The predicted octanol–water partition coefficient (Wildman–Crippen LogP) is 2.89. The van der Waals surface area contributed by atoms with Crippen LogP contribution in [0.15, 0.2) is 18.2 Å². The summed E-state index contributed by atoms with van der Waals surface area (Å²) in [5.74, 6) is 1.41. The van der Waals surface area contributed by atoms with Gasteiger partial charge < -0.3 is 5.32 Å². The third-order valence-corrected chi connectivity index (χ3v) is 4.22. The van der Waals surface area contributed by atoms with E-state index in [0.29, 0.717) is 5.69 Å². The fourth-order valence-electron chi connectivity index (χ4n) is 3.07. The fraction of sp³-hybridized carbons (Fsp3) is 0.500. The van der Waals surface area contributed by atoms with Crippen LogP contribution in [-0.2, 0) is 4.79 Å². The maximum absolute atomic E-state index is 12.1. The smallest absolute Gasteiger partial charge is 0.292 e. The van der Waals surface area contributed by atoms with Crippen molar-refractivity contribution in [3.05, 3.63) is 33.9 Å². The Bertz CT molecular complexity index is 546. The highest BCUT2D eigenvalue weighted by Gasteiger charge is 2.48. The number of anilines is 1. The van der Waals surface area contributed by atoms with Crippen LogP contribution in [0.25, 0.3) is 0 Å². The van der Waals surface area contributed by atoms with Crippen molar-refractivity contribution in [2.45, 2.75) is 26.2 Å². The third-order valence-electron chi connectivity index (χ3n) is 4.22. The molecule has 2 fully saturated rings. The van der Waals surface area contributed by atoms with E-state index in [1.807, 2.05) is 6.92 Å². The Hall–Kier alpha value is -1.91. The van der Waals surface area contributed by atoms with E-state index in [2.05, 4.69) is 5.32 Å². The van der Waals surface area contributed by atoms with Gasteiger partial charge in [0.05, 0.1) is 4.92 Å². The summed E-state index contributed by atoms with van der Waals surface area (Å²) in [4.78, 5) is 22.6. The Balaban J connectivity index is 1.76. The van der Waals surface area contributed by atoms with Crippen molar-refractivity contribution in [2.75, 3.05) is 5.32 Å². The van der Waals surface area contributed by atoms with Gasteiger partial charge in [-0.2, -0.15) is 0 Å². The Morgan fingerprint density at radius 3 is 2.63 bits per heavy atom. The van der Waals surface area contributed by atoms with Gasteiger partial charge >= 0.3 is 0 Å². The summed E-state index contributed by atoms with van der Waals surface area (Å²) in [5, 5.41) is 13.7. The van der Waals surface area contributed by atoms with Gasteiger partial charge in [-0.05, 0) is 49.7 Å². The molecule has 0 radical (unpaired) electrons. The first-order valence-corrected chi connectivity index (χ1v) is 6.60. The number of benzene rings is 1. The zero-order valence-electron chi connectivity index (χ0n) is 10.8. The highest BCUT2D eigenvalue weighted by Crippen LogP contribution is 2.54. The average molecular weight is 260 g/mol. The zero-order valence-corrected chi connectivity index (χ0v) is 10.8. The van der Waals surface area contributed by atoms with E-state index in [0.717, 1.165) is 30.2 Å². The van der Waals surface area contributed by atoms with Gasteiger partial charge in [-0.25, -0.2) is 0 Å². The number of amides is 1. The Kier molecular flexibility index (Phi) is 2.77. The molecule has 2 aliphatic carbocycles. The Labute approximate surface area is 111 Å². The second-order valence-corrected chi connectivity index (χ2v) is 5.69. The summed E-state index contributed by atoms with van der Waals surface area (Å²) in [6.07, 6.45) is 3.14. The van der Waals surface area contributed by atoms with Crippen LogP contribution in [0.5, 0.6) is 0 Å². The van der Waals surface area contributed by atoms with Gasteiger partial charge in [0.2, 0.25) is 5.91 Å². The molecule has 5 nitrogen and oxygen atoms in total. The maximum Gasteiger partial charge on any atom is 0.292 e. The van der Waals surface area contributed by atoms with E-state index in [4.69, 9.17) is 0 Å². The molecule has 0 heterocycles. The summed E-state index contributed by atoms with van der Waals surface area (Å²) >= 11 is 0. The number of rotatable bonds is 3. The lowest BCUT2D eigenvalue weighted by molar-refractivity contribution is -0.383. The molecule has 5 heteroatoms. The van der Waals surface area contributed by atoms with E-state index >= 15 is 0 Å². The summed E-state index contributed by atoms with van der Waals surface area (Å²) in [6.45, 7) is 1.85. The van der Waals surface area contributed by atoms with Gasteiger partial charge in [-0.3, -0.25) is 14.9 Å². The molecular weight excluding hydrogens is 244 g/mol. The largest absolute Gasteiger partial charge is 0.320 e. The predicted molar refractivity (Wildman–Crippen MR) is 70.8 cm³/mol. The maximum atomic E-state index is 12.1. The van der Waals surface area contributed by atoms with Crippen molar-refractivity contribution in [3.8, 4) is 0 Å². The molecular formula is C14H16N2O3. The first kappa shape index (κ1) is 12.1. The van der Waals surface area contributed by atoms with Gasteiger partial charge in [-0.1, -0.05) is 6.07 Å². The van der Waals surface area contributed by atoms with Gasteiger partial charge in [-0.15, -0.1) is 0 Å². The number of fused-ring (bicyclic) bond motifs is 1. The zero-order chi connectivity index (χ0) is 13.6. The molecule has 0 saturated heterocycles. The molecule has 3 rings (SSSR count). The number of aryl methyl sites for hydroxylation is 1. The number of hydrogen-bond acceptors (Lipinski definition) is 3. The molecule has 1 aromatic rings. The summed E-state index contributed by atoms with van der Waals surface area (Å²) in [6, 6.07) is 4.78. The van der Waals surface area contributed by atoms with Crippen molar-refractivity contribution in [1.29, 1.82) is 0 Å². The third kappa shape index (κ3) is 2.32. The van der Waals surface area contributed by atoms with Crippen LogP contribution >= 0.6 is 0 Å². The van der Waals surface area contributed by atoms with Crippen LogP contribution in [0.1, 0.15) is 24.8 Å². The second kappa shape index (κ2) is 4.33. The van der Waals surface area contributed by atoms with Crippen LogP contribution in [0, 0.1) is 34.8 Å². The number of nitro groups is 1. The quantitative estimate of drug-likeness (QED) is 0.671. The Morgan fingerprint density at radius 2 is 2.00 bits per heavy atom.